The first-order valence-corrected chi connectivity index (χ1v) is 10.7. The zero-order valence-corrected chi connectivity index (χ0v) is 18.9. The van der Waals surface area contributed by atoms with Crippen LogP contribution in [0.15, 0.2) is 48.5 Å². The average Bonchev–Trinajstić information content (AvgIpc) is 3.08. The van der Waals surface area contributed by atoms with Gasteiger partial charge in [-0.3, -0.25) is 4.79 Å². The molecular weight excluding hydrogens is 408 g/mol. The number of carboxylic acids is 1. The van der Waals surface area contributed by atoms with Crippen molar-refractivity contribution < 1.29 is 24.2 Å². The van der Waals surface area contributed by atoms with Crippen molar-refractivity contribution in [2.75, 3.05) is 13.7 Å². The molecule has 2 aromatic rings. The predicted octanol–water partition coefficient (Wildman–Crippen LogP) is 4.02. The van der Waals surface area contributed by atoms with Crippen molar-refractivity contribution in [2.24, 2.45) is 0 Å². The third kappa shape index (κ3) is 5.10. The third-order valence-electron chi connectivity index (χ3n) is 6.08. The molecule has 0 aliphatic heterocycles. The third-order valence-corrected chi connectivity index (χ3v) is 6.08. The first kappa shape index (κ1) is 23.3. The summed E-state index contributed by atoms with van der Waals surface area (Å²) in [5.41, 5.74) is 3.92. The van der Waals surface area contributed by atoms with Crippen LogP contribution in [0.5, 0.6) is 0 Å². The number of benzene rings is 2. The van der Waals surface area contributed by atoms with Crippen molar-refractivity contribution in [3.63, 3.8) is 0 Å². The van der Waals surface area contributed by atoms with Gasteiger partial charge in [0.1, 0.15) is 12.6 Å². The highest BCUT2D eigenvalue weighted by molar-refractivity contribution is 5.83. The molecule has 0 saturated heterocycles. The lowest BCUT2D eigenvalue weighted by atomic mass is 9.97. The van der Waals surface area contributed by atoms with Crippen molar-refractivity contribution in [3.05, 3.63) is 59.7 Å². The summed E-state index contributed by atoms with van der Waals surface area (Å²) in [5, 5.41) is 11.9. The highest BCUT2D eigenvalue weighted by Gasteiger charge is 2.30. The van der Waals surface area contributed by atoms with Gasteiger partial charge in [0.05, 0.1) is 0 Å². The number of nitrogens with zero attached hydrogens (tertiary/aromatic N) is 1. The Morgan fingerprint density at radius 1 is 1.06 bits per heavy atom. The molecular formula is C25H30N2O5. The smallest absolute Gasteiger partial charge is 0.407 e. The zero-order chi connectivity index (χ0) is 23.5. The number of carbonyl (C=O) groups excluding carboxylic acids is 2. The number of hydrogen-bond donors (Lipinski definition) is 2. The molecule has 7 heteroatoms. The first-order valence-electron chi connectivity index (χ1n) is 10.7. The van der Waals surface area contributed by atoms with Crippen LogP contribution in [0.2, 0.25) is 0 Å². The summed E-state index contributed by atoms with van der Waals surface area (Å²) < 4.78 is 5.58. The van der Waals surface area contributed by atoms with Gasteiger partial charge in [-0.2, -0.15) is 0 Å². The predicted molar refractivity (Wildman–Crippen MR) is 121 cm³/mol. The summed E-state index contributed by atoms with van der Waals surface area (Å²) in [4.78, 5) is 37.0. The molecule has 32 heavy (non-hydrogen) atoms. The fourth-order valence-electron chi connectivity index (χ4n) is 3.95. The number of aliphatic carboxylic acids is 1. The molecule has 7 nitrogen and oxygen atoms in total. The molecule has 0 spiro atoms. The Kier molecular flexibility index (Phi) is 6.87. The van der Waals surface area contributed by atoms with Crippen LogP contribution in [-0.4, -0.2) is 53.2 Å². The maximum absolute atomic E-state index is 12.5. The molecule has 170 valence electrons. The number of carbonyl (C=O) groups is 3. The second-order valence-corrected chi connectivity index (χ2v) is 8.85. The molecule has 1 aliphatic rings. The Morgan fingerprint density at radius 2 is 1.59 bits per heavy atom. The molecule has 2 N–H and O–H groups in total. The Labute approximate surface area is 188 Å². The Bertz CT molecular complexity index is 971. The molecule has 0 heterocycles. The molecule has 0 radical (unpaired) electrons. The second kappa shape index (κ2) is 9.42. The van der Waals surface area contributed by atoms with Gasteiger partial charge in [0.15, 0.2) is 0 Å². The normalized spacial score (nSPS) is 13.6. The number of amides is 2. The van der Waals surface area contributed by atoms with Gasteiger partial charge in [-0.15, -0.1) is 0 Å². The summed E-state index contributed by atoms with van der Waals surface area (Å²) in [6.07, 6.45) is -0.0751. The monoisotopic (exact) mass is 438 g/mol. The number of nitrogens with one attached hydrogen (secondary N) is 1. The van der Waals surface area contributed by atoms with Crippen molar-refractivity contribution in [2.45, 2.75) is 51.1 Å². The zero-order valence-electron chi connectivity index (χ0n) is 18.9. The molecule has 0 bridgehead atoms. The quantitative estimate of drug-likeness (QED) is 0.649. The van der Waals surface area contributed by atoms with Gasteiger partial charge in [-0.05, 0) is 49.4 Å². The van der Waals surface area contributed by atoms with Gasteiger partial charge < -0.3 is 20.1 Å². The van der Waals surface area contributed by atoms with E-state index in [2.05, 4.69) is 29.6 Å². The largest absolute Gasteiger partial charge is 0.480 e. The van der Waals surface area contributed by atoms with Crippen LogP contribution >= 0.6 is 0 Å². The molecule has 2 aromatic carbocycles. The van der Waals surface area contributed by atoms with E-state index in [1.54, 1.807) is 0 Å². The van der Waals surface area contributed by atoms with E-state index in [9.17, 15) is 14.4 Å². The number of fused-ring (bicyclic) bond motifs is 3. The fourth-order valence-corrected chi connectivity index (χ4v) is 3.95. The highest BCUT2D eigenvalue weighted by atomic mass is 16.5. The van der Waals surface area contributed by atoms with E-state index in [0.29, 0.717) is 6.42 Å². The van der Waals surface area contributed by atoms with E-state index < -0.39 is 23.6 Å². The Morgan fingerprint density at radius 3 is 2.12 bits per heavy atom. The Balaban J connectivity index is 1.56. The molecule has 3 rings (SSSR count). The van der Waals surface area contributed by atoms with Gasteiger partial charge in [-0.25, -0.2) is 9.59 Å². The summed E-state index contributed by atoms with van der Waals surface area (Å²) in [6, 6.07) is 15.4. The first-order chi connectivity index (χ1) is 15.1. The summed E-state index contributed by atoms with van der Waals surface area (Å²) in [5.74, 6) is -1.37. The van der Waals surface area contributed by atoms with Gasteiger partial charge >= 0.3 is 12.1 Å². The van der Waals surface area contributed by atoms with E-state index in [0.717, 1.165) is 22.3 Å². The van der Waals surface area contributed by atoms with Crippen LogP contribution in [0.1, 0.15) is 50.7 Å². The lowest BCUT2D eigenvalue weighted by molar-refractivity contribution is -0.148. The molecule has 0 unspecified atom stereocenters. The lowest BCUT2D eigenvalue weighted by Crippen LogP contribution is -2.46. The van der Waals surface area contributed by atoms with Gasteiger partial charge in [-0.1, -0.05) is 48.5 Å². The molecule has 0 aromatic heterocycles. The highest BCUT2D eigenvalue weighted by Crippen LogP contribution is 2.44. The maximum Gasteiger partial charge on any atom is 0.407 e. The minimum absolute atomic E-state index is 0.0241. The summed E-state index contributed by atoms with van der Waals surface area (Å²) in [6.45, 7) is 5.29. The van der Waals surface area contributed by atoms with Crippen molar-refractivity contribution in [1.82, 2.24) is 10.2 Å². The van der Waals surface area contributed by atoms with E-state index >= 15 is 0 Å². The van der Waals surface area contributed by atoms with E-state index in [1.807, 2.05) is 38.1 Å². The number of carboxylic acid groups (broad SMARTS) is 1. The minimum atomic E-state index is -1.06. The van der Waals surface area contributed by atoms with Gasteiger partial charge in [0, 0.05) is 24.9 Å². The van der Waals surface area contributed by atoms with Crippen LogP contribution in [-0.2, 0) is 14.3 Å². The van der Waals surface area contributed by atoms with Crippen LogP contribution < -0.4 is 5.32 Å². The molecule has 1 atom stereocenters. The van der Waals surface area contributed by atoms with Crippen LogP contribution in [0.3, 0.4) is 0 Å². The summed E-state index contributed by atoms with van der Waals surface area (Å²) >= 11 is 0. The van der Waals surface area contributed by atoms with E-state index in [-0.39, 0.29) is 24.9 Å². The number of likely N-dealkylation sites (N-methyl/N-ethyl adjacent to an activating group) is 1. The van der Waals surface area contributed by atoms with Gasteiger partial charge in [0.25, 0.3) is 0 Å². The van der Waals surface area contributed by atoms with Crippen LogP contribution in [0.4, 0.5) is 4.79 Å². The van der Waals surface area contributed by atoms with E-state index in [1.165, 1.54) is 18.9 Å². The van der Waals surface area contributed by atoms with Gasteiger partial charge in [0.2, 0.25) is 5.91 Å². The molecule has 0 fully saturated rings. The van der Waals surface area contributed by atoms with Crippen LogP contribution in [0, 0.1) is 0 Å². The number of alkyl carbamates (subject to hydrolysis) is 1. The molecule has 1 aliphatic carbocycles. The van der Waals surface area contributed by atoms with Crippen molar-refractivity contribution in [1.29, 1.82) is 0 Å². The van der Waals surface area contributed by atoms with E-state index in [4.69, 9.17) is 9.84 Å². The fraction of sp³-hybridized carbons (Fsp3) is 0.400. The standard InChI is InChI=1S/C25H30N2O5/c1-16(23(29)30)27(4)22(28)13-14-25(2,3)26-24(31)32-15-21-19-11-7-5-9-17(19)18-10-6-8-12-20(18)21/h5-12,16,21H,13-15H2,1-4H3,(H,26,31)(H,29,30)/t16-/m0/s1. The second-order valence-electron chi connectivity index (χ2n) is 8.85. The van der Waals surface area contributed by atoms with Crippen molar-refractivity contribution in [3.8, 4) is 11.1 Å². The number of rotatable bonds is 8. The maximum atomic E-state index is 12.5. The van der Waals surface area contributed by atoms with Crippen molar-refractivity contribution >= 4 is 18.0 Å². The molecule has 2 amide bonds. The minimum Gasteiger partial charge on any atom is -0.480 e. The lowest BCUT2D eigenvalue weighted by Gasteiger charge is -2.28. The molecule has 0 saturated carbocycles. The average molecular weight is 439 g/mol. The number of ether oxygens (including phenoxy) is 1. The van der Waals surface area contributed by atoms with Crippen LogP contribution in [0.25, 0.3) is 11.1 Å². The SMILES string of the molecule is C[C@@H](C(=O)O)N(C)C(=O)CCC(C)(C)NC(=O)OCC1c2ccccc2-c2ccccc21. The summed E-state index contributed by atoms with van der Waals surface area (Å²) in [7, 11) is 1.47. The topological polar surface area (TPSA) is 95.9 Å². The Hall–Kier alpha value is -3.35. The number of hydrogen-bond acceptors (Lipinski definition) is 4.